The average molecular weight is 495 g/mol. The molecule has 1 fully saturated rings. The predicted molar refractivity (Wildman–Crippen MR) is 144 cm³/mol. The van der Waals surface area contributed by atoms with Crippen LogP contribution in [0.1, 0.15) is 22.7 Å². The summed E-state index contributed by atoms with van der Waals surface area (Å²) in [5.74, 6) is 0.934. The Morgan fingerprint density at radius 1 is 0.794 bits per heavy atom. The van der Waals surface area contributed by atoms with Crippen molar-refractivity contribution in [2.24, 2.45) is 0 Å². The molecular formula is C28H34N2O2S2. The van der Waals surface area contributed by atoms with Crippen LogP contribution in [0.2, 0.25) is 0 Å². The molecule has 0 amide bonds. The average Bonchev–Trinajstić information content (AvgIpc) is 2.90. The van der Waals surface area contributed by atoms with E-state index in [4.69, 9.17) is 9.47 Å². The van der Waals surface area contributed by atoms with Crippen molar-refractivity contribution in [1.29, 1.82) is 0 Å². The second kappa shape index (κ2) is 12.7. The number of ether oxygens (including phenoxy) is 2. The van der Waals surface area contributed by atoms with Gasteiger partial charge in [-0.3, -0.25) is 9.80 Å². The summed E-state index contributed by atoms with van der Waals surface area (Å²) < 4.78 is 11.0. The molecular weight excluding hydrogens is 460 g/mol. The summed E-state index contributed by atoms with van der Waals surface area (Å²) in [6, 6.07) is 26.7. The van der Waals surface area contributed by atoms with Gasteiger partial charge in [-0.1, -0.05) is 60.7 Å². The largest absolute Gasteiger partial charge is 0.465 e. The van der Waals surface area contributed by atoms with E-state index in [1.807, 2.05) is 0 Å². The maximum atomic E-state index is 5.88. The van der Waals surface area contributed by atoms with Gasteiger partial charge in [0.05, 0.1) is 15.8 Å². The Labute approximate surface area is 212 Å². The first-order valence-corrected chi connectivity index (χ1v) is 14.1. The van der Waals surface area contributed by atoms with Gasteiger partial charge < -0.3 is 9.47 Å². The van der Waals surface area contributed by atoms with Crippen LogP contribution in [0.25, 0.3) is 0 Å². The number of hydrogen-bond acceptors (Lipinski definition) is 6. The van der Waals surface area contributed by atoms with Crippen LogP contribution in [0.4, 0.5) is 0 Å². The predicted octanol–water partition coefficient (Wildman–Crippen LogP) is 6.02. The molecule has 0 N–H and O–H groups in total. The van der Waals surface area contributed by atoms with Gasteiger partial charge >= 0.3 is 0 Å². The topological polar surface area (TPSA) is 24.9 Å². The number of piperazine rings is 1. The lowest BCUT2D eigenvalue weighted by molar-refractivity contribution is 0.0470. The Morgan fingerprint density at radius 3 is 1.79 bits per heavy atom. The second-order valence-electron chi connectivity index (χ2n) is 8.42. The molecule has 6 heteroatoms. The Kier molecular flexibility index (Phi) is 9.36. The van der Waals surface area contributed by atoms with Gasteiger partial charge in [-0.25, -0.2) is 0 Å². The zero-order chi connectivity index (χ0) is 23.8. The molecule has 180 valence electrons. The highest BCUT2D eigenvalue weighted by molar-refractivity contribution is 7.99. The highest BCUT2D eigenvalue weighted by Crippen LogP contribution is 2.38. The lowest BCUT2D eigenvalue weighted by Gasteiger charge is -2.40. The molecule has 0 atom stereocenters. The SMILES string of the molecule is COCOc1c(SC)cc(CN2CCN(C(c3ccccc3)c3ccccc3)CC2)cc1SC. The fraction of sp³-hybridized carbons (Fsp3) is 0.357. The fourth-order valence-electron chi connectivity index (χ4n) is 4.61. The van der Waals surface area contributed by atoms with Gasteiger partial charge in [0.15, 0.2) is 6.79 Å². The van der Waals surface area contributed by atoms with Gasteiger partial charge in [0.1, 0.15) is 5.75 Å². The van der Waals surface area contributed by atoms with E-state index in [1.165, 1.54) is 26.5 Å². The summed E-state index contributed by atoms with van der Waals surface area (Å²) in [5.41, 5.74) is 4.07. The monoisotopic (exact) mass is 494 g/mol. The van der Waals surface area contributed by atoms with Crippen LogP contribution in [0, 0.1) is 0 Å². The molecule has 1 aliphatic heterocycles. The quantitative estimate of drug-likeness (QED) is 0.252. The molecule has 3 aromatic rings. The van der Waals surface area contributed by atoms with Gasteiger partial charge in [0.2, 0.25) is 0 Å². The Balaban J connectivity index is 1.46. The first-order valence-electron chi connectivity index (χ1n) is 11.7. The van der Waals surface area contributed by atoms with E-state index >= 15 is 0 Å². The number of hydrogen-bond donors (Lipinski definition) is 0. The van der Waals surface area contributed by atoms with Crippen molar-refractivity contribution in [2.75, 3.05) is 52.6 Å². The minimum atomic E-state index is 0.270. The maximum Gasteiger partial charge on any atom is 0.188 e. The normalized spacial score (nSPS) is 15.1. The molecule has 0 bridgehead atoms. The Hall–Kier alpha value is -1.96. The van der Waals surface area contributed by atoms with Gasteiger partial charge in [0, 0.05) is 39.8 Å². The van der Waals surface area contributed by atoms with Gasteiger partial charge in [-0.05, 0) is 41.3 Å². The number of thioether (sulfide) groups is 2. The van der Waals surface area contributed by atoms with Crippen LogP contribution in [0.15, 0.2) is 82.6 Å². The minimum Gasteiger partial charge on any atom is -0.465 e. The van der Waals surface area contributed by atoms with E-state index in [0.29, 0.717) is 6.04 Å². The van der Waals surface area contributed by atoms with Gasteiger partial charge in [0.25, 0.3) is 0 Å². The third kappa shape index (κ3) is 6.18. The van der Waals surface area contributed by atoms with E-state index in [1.54, 1.807) is 30.6 Å². The summed E-state index contributed by atoms with van der Waals surface area (Å²) >= 11 is 3.46. The highest BCUT2D eigenvalue weighted by atomic mass is 32.2. The van der Waals surface area contributed by atoms with Crippen molar-refractivity contribution in [1.82, 2.24) is 9.80 Å². The van der Waals surface area contributed by atoms with E-state index in [9.17, 15) is 0 Å². The molecule has 1 aliphatic rings. The van der Waals surface area contributed by atoms with E-state index in [0.717, 1.165) is 38.5 Å². The molecule has 0 aliphatic carbocycles. The zero-order valence-electron chi connectivity index (χ0n) is 20.3. The Bertz CT molecular complexity index is 961. The van der Waals surface area contributed by atoms with Gasteiger partial charge in [-0.15, -0.1) is 23.5 Å². The zero-order valence-corrected chi connectivity index (χ0v) is 21.9. The molecule has 3 aromatic carbocycles. The number of nitrogens with zero attached hydrogens (tertiary/aromatic N) is 2. The number of rotatable bonds is 10. The van der Waals surface area contributed by atoms with Crippen molar-refractivity contribution in [3.8, 4) is 5.75 Å². The van der Waals surface area contributed by atoms with E-state index in [2.05, 4.69) is 95.1 Å². The van der Waals surface area contributed by atoms with Crippen molar-refractivity contribution in [2.45, 2.75) is 22.4 Å². The first-order chi connectivity index (χ1) is 16.7. The first kappa shape index (κ1) is 25.1. The maximum absolute atomic E-state index is 5.88. The molecule has 4 nitrogen and oxygen atoms in total. The molecule has 1 heterocycles. The van der Waals surface area contributed by atoms with Crippen LogP contribution < -0.4 is 4.74 Å². The van der Waals surface area contributed by atoms with Crippen LogP contribution in [0.5, 0.6) is 5.75 Å². The number of benzene rings is 3. The third-order valence-electron chi connectivity index (χ3n) is 6.25. The van der Waals surface area contributed by atoms with Crippen molar-refractivity contribution < 1.29 is 9.47 Å². The summed E-state index contributed by atoms with van der Waals surface area (Å²) in [7, 11) is 1.66. The summed E-state index contributed by atoms with van der Waals surface area (Å²) in [5, 5.41) is 0. The molecule has 0 saturated carbocycles. The molecule has 34 heavy (non-hydrogen) atoms. The van der Waals surface area contributed by atoms with Gasteiger partial charge in [-0.2, -0.15) is 0 Å². The lowest BCUT2D eigenvalue weighted by atomic mass is 9.96. The lowest BCUT2D eigenvalue weighted by Crippen LogP contribution is -2.47. The van der Waals surface area contributed by atoms with E-state index < -0.39 is 0 Å². The van der Waals surface area contributed by atoms with Crippen molar-refractivity contribution in [3.05, 3.63) is 89.5 Å². The molecule has 0 aromatic heterocycles. The van der Waals surface area contributed by atoms with Crippen molar-refractivity contribution in [3.63, 3.8) is 0 Å². The smallest absolute Gasteiger partial charge is 0.188 e. The van der Waals surface area contributed by atoms with Crippen molar-refractivity contribution >= 4 is 23.5 Å². The highest BCUT2D eigenvalue weighted by Gasteiger charge is 2.26. The summed E-state index contributed by atoms with van der Waals surface area (Å²) in [6.07, 6.45) is 4.21. The Morgan fingerprint density at radius 2 is 1.32 bits per heavy atom. The fourth-order valence-corrected chi connectivity index (χ4v) is 5.92. The minimum absolute atomic E-state index is 0.270. The standard InChI is InChI=1S/C28H34N2O2S2/c1-31-21-32-28-25(33-2)18-22(19-26(28)34-3)20-29-14-16-30(17-15-29)27(23-10-6-4-7-11-23)24-12-8-5-9-13-24/h4-13,18-19,27H,14-17,20-21H2,1-3H3. The van der Waals surface area contributed by atoms with Crippen LogP contribution in [-0.2, 0) is 11.3 Å². The molecule has 0 unspecified atom stereocenters. The summed E-state index contributed by atoms with van der Waals surface area (Å²) in [4.78, 5) is 7.54. The van der Waals surface area contributed by atoms with Crippen LogP contribution in [-0.4, -0.2) is 62.4 Å². The number of methoxy groups -OCH3 is 1. The third-order valence-corrected chi connectivity index (χ3v) is 7.74. The summed E-state index contributed by atoms with van der Waals surface area (Å²) in [6.45, 7) is 5.44. The second-order valence-corrected chi connectivity index (χ2v) is 10.1. The molecule has 0 spiro atoms. The molecule has 1 saturated heterocycles. The molecule has 0 radical (unpaired) electrons. The van der Waals surface area contributed by atoms with E-state index in [-0.39, 0.29) is 6.79 Å². The van der Waals surface area contributed by atoms with Crippen LogP contribution >= 0.6 is 23.5 Å². The van der Waals surface area contributed by atoms with Crippen LogP contribution in [0.3, 0.4) is 0 Å². The molecule has 4 rings (SSSR count).